The van der Waals surface area contributed by atoms with Gasteiger partial charge in [0, 0.05) is 37.3 Å². The van der Waals surface area contributed by atoms with Crippen LogP contribution in [0.4, 0.5) is 4.79 Å². The van der Waals surface area contributed by atoms with Crippen LogP contribution >= 0.6 is 0 Å². The molecule has 0 aliphatic carbocycles. The van der Waals surface area contributed by atoms with E-state index in [4.69, 9.17) is 4.74 Å². The fourth-order valence-electron chi connectivity index (χ4n) is 4.48. The minimum atomic E-state index is -0.532. The Labute approximate surface area is 214 Å². The third-order valence-corrected chi connectivity index (χ3v) is 6.40. The van der Waals surface area contributed by atoms with Gasteiger partial charge in [-0.3, -0.25) is 9.59 Å². The molecular formula is C30H38N2O4. The van der Waals surface area contributed by atoms with Gasteiger partial charge in [-0.05, 0) is 89.3 Å². The summed E-state index contributed by atoms with van der Waals surface area (Å²) in [7, 11) is 0. The number of ether oxygens (including phenoxy) is 1. The van der Waals surface area contributed by atoms with E-state index in [9.17, 15) is 14.4 Å². The normalized spacial score (nSPS) is 13.8. The Morgan fingerprint density at radius 3 is 1.94 bits per heavy atom. The first-order chi connectivity index (χ1) is 17.0. The average molecular weight is 491 g/mol. The van der Waals surface area contributed by atoms with E-state index in [-0.39, 0.29) is 17.8 Å². The third kappa shape index (κ3) is 6.62. The first-order valence-electron chi connectivity index (χ1n) is 12.7. The molecule has 1 fully saturated rings. The Balaban J connectivity index is 1.97. The first-order valence-corrected chi connectivity index (χ1v) is 12.7. The molecule has 1 aliphatic heterocycles. The number of nitrogens with zero attached hydrogens (tertiary/aromatic N) is 2. The molecule has 6 heteroatoms. The Kier molecular flexibility index (Phi) is 8.72. The summed E-state index contributed by atoms with van der Waals surface area (Å²) in [4.78, 5) is 41.0. The number of ketones is 1. The van der Waals surface area contributed by atoms with Crippen LogP contribution in [0.2, 0.25) is 0 Å². The standard InChI is InChI=1S/C30H38N2O4/c1-7-31(8-2)28(34)24-14-12-22(13-15-24)27(26-11-9-10-25(20-26)21(3)33)23-16-18-32(19-17-23)29(35)36-30(4,5)6/h9-15,20H,7-8,16-19H2,1-6H3. The highest BCUT2D eigenvalue weighted by atomic mass is 16.6. The van der Waals surface area contributed by atoms with Crippen LogP contribution < -0.4 is 0 Å². The second kappa shape index (κ2) is 11.5. The number of amides is 2. The van der Waals surface area contributed by atoms with Crippen molar-refractivity contribution in [3.05, 3.63) is 76.4 Å². The average Bonchev–Trinajstić information content (AvgIpc) is 2.85. The van der Waals surface area contributed by atoms with E-state index in [1.165, 1.54) is 5.57 Å². The Hall–Kier alpha value is -3.41. The molecule has 0 bridgehead atoms. The molecule has 192 valence electrons. The molecule has 2 aromatic rings. The zero-order valence-electron chi connectivity index (χ0n) is 22.4. The van der Waals surface area contributed by atoms with E-state index in [0.717, 1.165) is 16.7 Å². The molecule has 1 saturated heterocycles. The lowest BCUT2D eigenvalue weighted by molar-refractivity contribution is 0.0236. The topological polar surface area (TPSA) is 66.9 Å². The van der Waals surface area contributed by atoms with Crippen LogP contribution in [0.5, 0.6) is 0 Å². The van der Waals surface area contributed by atoms with Gasteiger partial charge in [0.2, 0.25) is 0 Å². The highest BCUT2D eigenvalue weighted by molar-refractivity contribution is 5.97. The summed E-state index contributed by atoms with van der Waals surface area (Å²) in [6.45, 7) is 13.6. The molecule has 36 heavy (non-hydrogen) atoms. The van der Waals surface area contributed by atoms with Crippen molar-refractivity contribution in [2.45, 2.75) is 60.0 Å². The molecule has 0 saturated carbocycles. The summed E-state index contributed by atoms with van der Waals surface area (Å²) in [5.41, 5.74) is 5.02. The van der Waals surface area contributed by atoms with Gasteiger partial charge in [-0.15, -0.1) is 0 Å². The summed E-state index contributed by atoms with van der Waals surface area (Å²) in [6.07, 6.45) is 1.12. The lowest BCUT2D eigenvalue weighted by atomic mass is 9.87. The van der Waals surface area contributed by atoms with Gasteiger partial charge in [0.25, 0.3) is 5.91 Å². The fraction of sp³-hybridized carbons (Fsp3) is 0.433. The Morgan fingerprint density at radius 1 is 0.861 bits per heavy atom. The maximum Gasteiger partial charge on any atom is 0.410 e. The predicted octanol–water partition coefficient (Wildman–Crippen LogP) is 6.20. The molecule has 0 unspecified atom stereocenters. The smallest absolute Gasteiger partial charge is 0.410 e. The van der Waals surface area contributed by atoms with Gasteiger partial charge in [0.15, 0.2) is 5.78 Å². The van der Waals surface area contributed by atoms with Gasteiger partial charge < -0.3 is 14.5 Å². The number of rotatable bonds is 6. The monoisotopic (exact) mass is 490 g/mol. The van der Waals surface area contributed by atoms with Gasteiger partial charge in [-0.25, -0.2) is 4.79 Å². The first kappa shape index (κ1) is 27.2. The number of hydrogen-bond donors (Lipinski definition) is 0. The summed E-state index contributed by atoms with van der Waals surface area (Å²) >= 11 is 0. The van der Waals surface area contributed by atoms with Crippen molar-refractivity contribution in [2.24, 2.45) is 0 Å². The zero-order valence-corrected chi connectivity index (χ0v) is 22.4. The molecule has 0 radical (unpaired) electrons. The van der Waals surface area contributed by atoms with Crippen molar-refractivity contribution >= 4 is 23.4 Å². The van der Waals surface area contributed by atoms with E-state index >= 15 is 0 Å². The van der Waals surface area contributed by atoms with E-state index in [0.29, 0.717) is 50.1 Å². The minimum Gasteiger partial charge on any atom is -0.444 e. The van der Waals surface area contributed by atoms with E-state index in [2.05, 4.69) is 0 Å². The quantitative estimate of drug-likeness (QED) is 0.452. The maximum atomic E-state index is 12.8. The van der Waals surface area contributed by atoms with Crippen molar-refractivity contribution in [3.8, 4) is 0 Å². The number of Topliss-reactive ketones (excluding diaryl/α,β-unsaturated/α-hetero) is 1. The Bertz CT molecular complexity index is 1130. The lowest BCUT2D eigenvalue weighted by Crippen LogP contribution is -2.40. The number of carbonyl (C=O) groups excluding carboxylic acids is 3. The molecule has 0 N–H and O–H groups in total. The second-order valence-electron chi connectivity index (χ2n) is 10.1. The lowest BCUT2D eigenvalue weighted by Gasteiger charge is -2.32. The maximum absolute atomic E-state index is 12.8. The van der Waals surface area contributed by atoms with Crippen LogP contribution in [-0.4, -0.2) is 59.4 Å². The van der Waals surface area contributed by atoms with E-state index < -0.39 is 5.60 Å². The molecule has 2 aromatic carbocycles. The summed E-state index contributed by atoms with van der Waals surface area (Å²) in [6, 6.07) is 15.4. The van der Waals surface area contributed by atoms with Gasteiger partial charge >= 0.3 is 6.09 Å². The SMILES string of the molecule is CCN(CC)C(=O)c1ccc(C(=C2CCN(C(=O)OC(C)(C)C)CC2)c2cccc(C(C)=O)c2)cc1. The second-order valence-corrected chi connectivity index (χ2v) is 10.1. The van der Waals surface area contributed by atoms with Crippen molar-refractivity contribution in [1.82, 2.24) is 9.80 Å². The molecule has 6 nitrogen and oxygen atoms in total. The third-order valence-electron chi connectivity index (χ3n) is 6.40. The van der Waals surface area contributed by atoms with Crippen LogP contribution in [0.25, 0.3) is 5.57 Å². The van der Waals surface area contributed by atoms with Crippen molar-refractivity contribution < 1.29 is 19.1 Å². The van der Waals surface area contributed by atoms with E-state index in [1.54, 1.807) is 16.7 Å². The molecule has 2 amide bonds. The summed E-state index contributed by atoms with van der Waals surface area (Å²) < 4.78 is 5.56. The largest absolute Gasteiger partial charge is 0.444 e. The number of likely N-dealkylation sites (tertiary alicyclic amines) is 1. The fourth-order valence-corrected chi connectivity index (χ4v) is 4.48. The van der Waals surface area contributed by atoms with Crippen LogP contribution in [0.1, 0.15) is 86.2 Å². The van der Waals surface area contributed by atoms with Crippen LogP contribution in [0.3, 0.4) is 0 Å². The van der Waals surface area contributed by atoms with Gasteiger partial charge in [0.1, 0.15) is 5.60 Å². The van der Waals surface area contributed by atoms with Gasteiger partial charge in [0.05, 0.1) is 0 Å². The van der Waals surface area contributed by atoms with Crippen LogP contribution in [0.15, 0.2) is 54.1 Å². The zero-order chi connectivity index (χ0) is 26.5. The summed E-state index contributed by atoms with van der Waals surface area (Å²) in [5, 5.41) is 0. The molecule has 0 aromatic heterocycles. The highest BCUT2D eigenvalue weighted by Crippen LogP contribution is 2.33. The Morgan fingerprint density at radius 2 is 1.42 bits per heavy atom. The minimum absolute atomic E-state index is 0.0149. The van der Waals surface area contributed by atoms with Crippen molar-refractivity contribution in [2.75, 3.05) is 26.2 Å². The molecular weight excluding hydrogens is 452 g/mol. The van der Waals surface area contributed by atoms with E-state index in [1.807, 2.05) is 83.1 Å². The predicted molar refractivity (Wildman–Crippen MR) is 143 cm³/mol. The molecule has 3 rings (SSSR count). The summed E-state index contributed by atoms with van der Waals surface area (Å²) in [5.74, 6) is 0.0334. The molecule has 1 heterocycles. The number of carbonyl (C=O) groups is 3. The van der Waals surface area contributed by atoms with Crippen molar-refractivity contribution in [1.29, 1.82) is 0 Å². The molecule has 1 aliphatic rings. The van der Waals surface area contributed by atoms with Crippen LogP contribution in [-0.2, 0) is 4.74 Å². The highest BCUT2D eigenvalue weighted by Gasteiger charge is 2.26. The number of hydrogen-bond acceptors (Lipinski definition) is 4. The van der Waals surface area contributed by atoms with Crippen molar-refractivity contribution in [3.63, 3.8) is 0 Å². The molecule has 0 atom stereocenters. The van der Waals surface area contributed by atoms with Crippen LogP contribution in [0, 0.1) is 0 Å². The molecule has 0 spiro atoms. The number of benzene rings is 2. The number of piperidine rings is 1. The van der Waals surface area contributed by atoms with Gasteiger partial charge in [-0.1, -0.05) is 35.9 Å². The van der Waals surface area contributed by atoms with Gasteiger partial charge in [-0.2, -0.15) is 0 Å².